The molecule has 0 radical (unpaired) electrons. The van der Waals surface area contributed by atoms with E-state index in [-0.39, 0.29) is 10.6 Å². The van der Waals surface area contributed by atoms with Crippen molar-refractivity contribution in [3.05, 3.63) is 64.4 Å². The molecule has 0 aromatic heterocycles. The van der Waals surface area contributed by atoms with Crippen LogP contribution in [0.5, 0.6) is 0 Å². The van der Waals surface area contributed by atoms with Gasteiger partial charge in [0, 0.05) is 25.5 Å². The van der Waals surface area contributed by atoms with Crippen molar-refractivity contribution < 1.29 is 9.18 Å². The van der Waals surface area contributed by atoms with E-state index in [0.717, 1.165) is 17.3 Å². The molecule has 0 saturated carbocycles. The number of hydrogen-bond acceptors (Lipinski definition) is 3. The number of rotatable bonds is 4. The average molecular weight is 344 g/mol. The summed E-state index contributed by atoms with van der Waals surface area (Å²) in [5, 5.41) is 11.6. The number of halogens is 2. The van der Waals surface area contributed by atoms with E-state index in [4.69, 9.17) is 11.6 Å². The molecule has 0 heterocycles. The minimum atomic E-state index is -0.586. The van der Waals surface area contributed by atoms with Crippen molar-refractivity contribution in [2.24, 2.45) is 0 Å². The minimum Gasteiger partial charge on any atom is -0.378 e. The maximum absolute atomic E-state index is 13.1. The monoisotopic (exact) mass is 343 g/mol. The smallest absolute Gasteiger partial charge is 0.266 e. The van der Waals surface area contributed by atoms with Crippen molar-refractivity contribution in [3.8, 4) is 6.07 Å². The number of nitrogens with zero attached hydrogens (tertiary/aromatic N) is 2. The number of nitrogens with one attached hydrogen (secondary N) is 1. The molecule has 0 atom stereocenters. The standard InChI is InChI=1S/C18H15ClFN3O/c1-23(2)15-6-3-12(4-7-15)9-13(11-21)18(24)22-14-5-8-17(20)16(19)10-14/h3-10H,1-2H3,(H,22,24)/b13-9+. The molecule has 0 fully saturated rings. The summed E-state index contributed by atoms with van der Waals surface area (Å²) in [4.78, 5) is 14.1. The van der Waals surface area contributed by atoms with Gasteiger partial charge in [0.25, 0.3) is 5.91 Å². The fourth-order valence-corrected chi connectivity index (χ4v) is 2.14. The van der Waals surface area contributed by atoms with E-state index in [9.17, 15) is 14.4 Å². The Morgan fingerprint density at radius 2 is 1.92 bits per heavy atom. The van der Waals surface area contributed by atoms with Gasteiger partial charge in [-0.15, -0.1) is 0 Å². The van der Waals surface area contributed by atoms with Crippen LogP contribution in [-0.2, 0) is 4.79 Å². The maximum Gasteiger partial charge on any atom is 0.266 e. The van der Waals surface area contributed by atoms with Gasteiger partial charge < -0.3 is 10.2 Å². The lowest BCUT2D eigenvalue weighted by Crippen LogP contribution is -2.13. The molecule has 0 aliphatic rings. The highest BCUT2D eigenvalue weighted by Crippen LogP contribution is 2.20. The highest BCUT2D eigenvalue weighted by atomic mass is 35.5. The number of carbonyl (C=O) groups excluding carboxylic acids is 1. The van der Waals surface area contributed by atoms with Crippen molar-refractivity contribution in [1.29, 1.82) is 5.26 Å². The molecule has 2 rings (SSSR count). The Morgan fingerprint density at radius 1 is 1.25 bits per heavy atom. The summed E-state index contributed by atoms with van der Waals surface area (Å²) in [6, 6.07) is 13.1. The van der Waals surface area contributed by atoms with Gasteiger partial charge >= 0.3 is 0 Å². The highest BCUT2D eigenvalue weighted by molar-refractivity contribution is 6.31. The van der Waals surface area contributed by atoms with Gasteiger partial charge in [0.1, 0.15) is 17.5 Å². The van der Waals surface area contributed by atoms with E-state index in [1.54, 1.807) is 0 Å². The van der Waals surface area contributed by atoms with Crippen LogP contribution < -0.4 is 10.2 Å². The van der Waals surface area contributed by atoms with Crippen LogP contribution >= 0.6 is 11.6 Å². The predicted octanol–water partition coefficient (Wildman–Crippen LogP) is 4.09. The quantitative estimate of drug-likeness (QED) is 0.672. The molecule has 1 N–H and O–H groups in total. The summed E-state index contributed by atoms with van der Waals surface area (Å²) in [5.41, 5.74) is 1.99. The zero-order chi connectivity index (χ0) is 17.7. The van der Waals surface area contributed by atoms with Crippen molar-refractivity contribution >= 4 is 35.0 Å². The maximum atomic E-state index is 13.1. The average Bonchev–Trinajstić information content (AvgIpc) is 2.56. The molecule has 6 heteroatoms. The second-order valence-corrected chi connectivity index (χ2v) is 5.65. The molecule has 0 saturated heterocycles. The molecule has 2 aromatic rings. The summed E-state index contributed by atoms with van der Waals surface area (Å²) in [6.07, 6.45) is 1.49. The van der Waals surface area contributed by atoms with Crippen LogP contribution in [0, 0.1) is 17.1 Å². The van der Waals surface area contributed by atoms with Crippen LogP contribution in [-0.4, -0.2) is 20.0 Å². The van der Waals surface area contributed by atoms with E-state index in [1.165, 1.54) is 18.2 Å². The molecule has 2 aromatic carbocycles. The minimum absolute atomic E-state index is 0.0620. The molecule has 0 spiro atoms. The number of benzene rings is 2. The van der Waals surface area contributed by atoms with Gasteiger partial charge in [-0.3, -0.25) is 4.79 Å². The Kier molecular flexibility index (Phi) is 5.56. The van der Waals surface area contributed by atoms with Crippen molar-refractivity contribution in [2.45, 2.75) is 0 Å². The predicted molar refractivity (Wildman–Crippen MR) is 94.4 cm³/mol. The van der Waals surface area contributed by atoms with E-state index in [1.807, 2.05) is 49.3 Å². The van der Waals surface area contributed by atoms with E-state index in [2.05, 4.69) is 5.32 Å². The molecule has 24 heavy (non-hydrogen) atoms. The lowest BCUT2D eigenvalue weighted by Gasteiger charge is -2.12. The van der Waals surface area contributed by atoms with Crippen molar-refractivity contribution in [1.82, 2.24) is 0 Å². The van der Waals surface area contributed by atoms with E-state index in [0.29, 0.717) is 5.69 Å². The molecule has 4 nitrogen and oxygen atoms in total. The summed E-state index contributed by atoms with van der Waals surface area (Å²) in [7, 11) is 3.85. The van der Waals surface area contributed by atoms with Crippen LogP contribution in [0.2, 0.25) is 5.02 Å². The zero-order valence-electron chi connectivity index (χ0n) is 13.2. The van der Waals surface area contributed by atoms with E-state index >= 15 is 0 Å². The molecular formula is C18H15ClFN3O. The third-order valence-electron chi connectivity index (χ3n) is 3.26. The lowest BCUT2D eigenvalue weighted by molar-refractivity contribution is -0.112. The normalized spacial score (nSPS) is 10.9. The zero-order valence-corrected chi connectivity index (χ0v) is 13.9. The van der Waals surface area contributed by atoms with Gasteiger partial charge in [0.05, 0.1) is 5.02 Å². The first-order chi connectivity index (χ1) is 11.4. The van der Waals surface area contributed by atoms with Crippen molar-refractivity contribution in [2.75, 3.05) is 24.3 Å². The Hall–Kier alpha value is -2.84. The number of nitriles is 1. The molecule has 0 aliphatic carbocycles. The largest absolute Gasteiger partial charge is 0.378 e. The SMILES string of the molecule is CN(C)c1ccc(/C=C(\C#N)C(=O)Nc2ccc(F)c(Cl)c2)cc1. The Labute approximate surface area is 144 Å². The fourth-order valence-electron chi connectivity index (χ4n) is 1.96. The first-order valence-corrected chi connectivity index (χ1v) is 7.44. The van der Waals surface area contributed by atoms with Crippen LogP contribution in [0.1, 0.15) is 5.56 Å². The number of anilines is 2. The summed E-state index contributed by atoms with van der Waals surface area (Å²) < 4.78 is 13.1. The van der Waals surface area contributed by atoms with Crippen LogP contribution in [0.4, 0.5) is 15.8 Å². The van der Waals surface area contributed by atoms with Gasteiger partial charge in [-0.1, -0.05) is 23.7 Å². The number of hydrogen-bond donors (Lipinski definition) is 1. The van der Waals surface area contributed by atoms with Crippen LogP contribution in [0.3, 0.4) is 0 Å². The van der Waals surface area contributed by atoms with Gasteiger partial charge in [-0.25, -0.2) is 4.39 Å². The lowest BCUT2D eigenvalue weighted by atomic mass is 10.1. The second kappa shape index (κ2) is 7.62. The first kappa shape index (κ1) is 17.5. The number of amides is 1. The molecule has 0 unspecified atom stereocenters. The second-order valence-electron chi connectivity index (χ2n) is 5.24. The van der Waals surface area contributed by atoms with E-state index < -0.39 is 11.7 Å². The Bertz CT molecular complexity index is 823. The van der Waals surface area contributed by atoms with Gasteiger partial charge in [-0.05, 0) is 42.0 Å². The highest BCUT2D eigenvalue weighted by Gasteiger charge is 2.11. The molecular weight excluding hydrogens is 329 g/mol. The van der Waals surface area contributed by atoms with Gasteiger partial charge in [0.15, 0.2) is 0 Å². The summed E-state index contributed by atoms with van der Waals surface area (Å²) in [5.74, 6) is -1.16. The fraction of sp³-hybridized carbons (Fsp3) is 0.111. The van der Waals surface area contributed by atoms with Gasteiger partial charge in [0.2, 0.25) is 0 Å². The van der Waals surface area contributed by atoms with Crippen molar-refractivity contribution in [3.63, 3.8) is 0 Å². The topological polar surface area (TPSA) is 56.1 Å². The van der Waals surface area contributed by atoms with Crippen LogP contribution in [0.25, 0.3) is 6.08 Å². The third kappa shape index (κ3) is 4.34. The Balaban J connectivity index is 2.18. The van der Waals surface area contributed by atoms with Gasteiger partial charge in [-0.2, -0.15) is 5.26 Å². The molecule has 122 valence electrons. The third-order valence-corrected chi connectivity index (χ3v) is 3.55. The van der Waals surface area contributed by atoms with Crippen LogP contribution in [0.15, 0.2) is 48.0 Å². The molecule has 0 bridgehead atoms. The summed E-state index contributed by atoms with van der Waals surface area (Å²) >= 11 is 5.67. The number of carbonyl (C=O) groups is 1. The first-order valence-electron chi connectivity index (χ1n) is 7.06. The molecule has 1 amide bonds. The Morgan fingerprint density at radius 3 is 2.46 bits per heavy atom. The molecule has 0 aliphatic heterocycles. The summed E-state index contributed by atoms with van der Waals surface area (Å²) in [6.45, 7) is 0.